The van der Waals surface area contributed by atoms with E-state index in [2.05, 4.69) is 21.8 Å². The van der Waals surface area contributed by atoms with Crippen molar-refractivity contribution >= 4 is 61.4 Å². The summed E-state index contributed by atoms with van der Waals surface area (Å²) in [7, 11) is 0. The van der Waals surface area contributed by atoms with Crippen molar-refractivity contribution in [2.75, 3.05) is 5.32 Å². The van der Waals surface area contributed by atoms with Gasteiger partial charge in [0, 0.05) is 14.3 Å². The van der Waals surface area contributed by atoms with E-state index < -0.39 is 12.1 Å². The second-order valence-electron chi connectivity index (χ2n) is 8.72. The van der Waals surface area contributed by atoms with Gasteiger partial charge in [-0.05, 0) is 66.7 Å². The normalized spacial score (nSPS) is 12.0. The van der Waals surface area contributed by atoms with Crippen molar-refractivity contribution in [1.29, 1.82) is 0 Å². The quantitative estimate of drug-likeness (QED) is 0.213. The number of nitrogens with one attached hydrogen (secondary N) is 1. The molecule has 0 aliphatic carbocycles. The van der Waals surface area contributed by atoms with Crippen LogP contribution in [0.5, 0.6) is 0 Å². The number of anilines is 1. The smallest absolute Gasteiger partial charge is 0.412 e. The van der Waals surface area contributed by atoms with Crippen molar-refractivity contribution in [2.24, 2.45) is 0 Å². The first-order valence-corrected chi connectivity index (χ1v) is 14.0. The molecule has 0 aliphatic rings. The molecule has 5 aromatic rings. The van der Waals surface area contributed by atoms with Crippen molar-refractivity contribution in [3.8, 4) is 20.2 Å². The van der Waals surface area contributed by atoms with Crippen LogP contribution >= 0.6 is 34.2 Å². The first kappa shape index (κ1) is 25.1. The predicted molar refractivity (Wildman–Crippen MR) is 152 cm³/mol. The van der Waals surface area contributed by atoms with Crippen molar-refractivity contribution in [3.05, 3.63) is 83.0 Å². The zero-order chi connectivity index (χ0) is 26.1. The summed E-state index contributed by atoms with van der Waals surface area (Å²) in [6.07, 6.45) is -0.861. The van der Waals surface area contributed by atoms with Gasteiger partial charge >= 0.3 is 12.1 Å². The Hall–Kier alpha value is -3.53. The Balaban J connectivity index is 1.36. The summed E-state index contributed by atoms with van der Waals surface area (Å²) < 4.78 is 12.4. The van der Waals surface area contributed by atoms with Gasteiger partial charge in [0.1, 0.15) is 6.10 Å². The van der Waals surface area contributed by atoms with E-state index in [1.165, 1.54) is 11.5 Å². The summed E-state index contributed by atoms with van der Waals surface area (Å²) in [4.78, 5) is 26.8. The Bertz CT molecular complexity index is 1570. The van der Waals surface area contributed by atoms with Gasteiger partial charge in [-0.3, -0.25) is 10.1 Å². The molecule has 2 N–H and O–H groups in total. The molecule has 5 rings (SSSR count). The average molecular weight is 549 g/mol. The fourth-order valence-electron chi connectivity index (χ4n) is 4.14. The van der Waals surface area contributed by atoms with Gasteiger partial charge in [0.2, 0.25) is 0 Å². The van der Waals surface area contributed by atoms with Crippen LogP contribution < -0.4 is 5.32 Å². The maximum atomic E-state index is 12.7. The Labute approximate surface area is 226 Å². The first-order valence-electron chi connectivity index (χ1n) is 11.6. The Morgan fingerprint density at radius 2 is 1.70 bits per heavy atom. The van der Waals surface area contributed by atoms with Crippen LogP contribution in [0.3, 0.4) is 0 Å². The van der Waals surface area contributed by atoms with Crippen LogP contribution in [0.4, 0.5) is 10.5 Å². The minimum atomic E-state index is -0.831. The first-order chi connectivity index (χ1) is 17.8. The molecule has 3 aromatic heterocycles. The Morgan fingerprint density at radius 3 is 2.41 bits per heavy atom. The number of aliphatic carboxylic acids is 1. The van der Waals surface area contributed by atoms with E-state index in [0.717, 1.165) is 52.0 Å². The monoisotopic (exact) mass is 548 g/mol. The van der Waals surface area contributed by atoms with Crippen LogP contribution in [-0.2, 0) is 16.0 Å². The van der Waals surface area contributed by atoms with E-state index >= 15 is 0 Å². The van der Waals surface area contributed by atoms with E-state index in [9.17, 15) is 9.59 Å². The number of aryl methyl sites for hydroxylation is 2. The lowest BCUT2D eigenvalue weighted by Gasteiger charge is -2.14. The molecule has 0 unspecified atom stereocenters. The van der Waals surface area contributed by atoms with Crippen molar-refractivity contribution in [1.82, 2.24) is 4.37 Å². The van der Waals surface area contributed by atoms with Gasteiger partial charge in [-0.1, -0.05) is 48.5 Å². The lowest BCUT2D eigenvalue weighted by Crippen LogP contribution is -2.16. The van der Waals surface area contributed by atoms with E-state index in [0.29, 0.717) is 5.69 Å². The summed E-state index contributed by atoms with van der Waals surface area (Å²) in [5, 5.41) is 12.0. The zero-order valence-electron chi connectivity index (χ0n) is 20.4. The number of rotatable bonds is 7. The minimum Gasteiger partial charge on any atom is -0.481 e. The fraction of sp³-hybridized carbons (Fsp3) is 0.179. The molecule has 0 spiro atoms. The van der Waals surface area contributed by atoms with E-state index in [-0.39, 0.29) is 12.5 Å². The van der Waals surface area contributed by atoms with Crippen molar-refractivity contribution in [3.63, 3.8) is 0 Å². The molecule has 0 saturated heterocycles. The SMILES string of the molecule is Cc1cc(CC(=O)O)ccc1-c1cc2sc(-c3snc(C)c3NC(=O)O[C@H](C)c3ccccc3)cc2s1. The maximum absolute atomic E-state index is 12.7. The number of carbonyl (C=O) groups is 2. The highest BCUT2D eigenvalue weighted by Crippen LogP contribution is 2.46. The van der Waals surface area contributed by atoms with Crippen LogP contribution in [0.15, 0.2) is 60.7 Å². The molecule has 188 valence electrons. The maximum Gasteiger partial charge on any atom is 0.412 e. The van der Waals surface area contributed by atoms with Gasteiger partial charge in [0.15, 0.2) is 0 Å². The van der Waals surface area contributed by atoms with Crippen molar-refractivity contribution in [2.45, 2.75) is 33.3 Å². The fourth-order valence-corrected chi connectivity index (χ4v) is 7.56. The standard InChI is InChI=1S/C28H24N2O4S3/c1-15-11-18(12-25(31)32)9-10-20(15)21-13-22-23(35-21)14-24(36-22)27-26(16(2)30-37-27)29-28(33)34-17(3)19-7-5-4-6-8-19/h4-11,13-14,17H,12H2,1-3H3,(H,29,33)(H,31,32)/t17-/m1/s1. The van der Waals surface area contributed by atoms with Gasteiger partial charge in [-0.15, -0.1) is 22.7 Å². The summed E-state index contributed by atoms with van der Waals surface area (Å²) in [6, 6.07) is 19.8. The van der Waals surface area contributed by atoms with Crippen molar-refractivity contribution < 1.29 is 19.4 Å². The lowest BCUT2D eigenvalue weighted by molar-refractivity contribution is -0.136. The number of ether oxygens (including phenoxy) is 1. The molecule has 1 amide bonds. The third-order valence-corrected chi connectivity index (χ3v) is 9.43. The Morgan fingerprint density at radius 1 is 1.00 bits per heavy atom. The molecule has 37 heavy (non-hydrogen) atoms. The highest BCUT2D eigenvalue weighted by molar-refractivity contribution is 7.32. The molecule has 1 atom stereocenters. The number of carbonyl (C=O) groups excluding carboxylic acids is 1. The number of benzene rings is 2. The van der Waals surface area contributed by atoms with Crippen LogP contribution in [0.25, 0.3) is 29.6 Å². The molecule has 6 nitrogen and oxygen atoms in total. The van der Waals surface area contributed by atoms with Gasteiger partial charge in [-0.25, -0.2) is 4.79 Å². The molecule has 0 aliphatic heterocycles. The third-order valence-electron chi connectivity index (χ3n) is 5.99. The molecule has 0 radical (unpaired) electrons. The number of hydrogen-bond acceptors (Lipinski definition) is 7. The summed E-state index contributed by atoms with van der Waals surface area (Å²) in [5.74, 6) is -0.831. The number of fused-ring (bicyclic) bond motifs is 1. The summed E-state index contributed by atoms with van der Waals surface area (Å²) in [5.41, 5.74) is 5.31. The Kier molecular flexibility index (Phi) is 7.10. The molecule has 0 saturated carbocycles. The molecule has 0 bridgehead atoms. The molecule has 0 fully saturated rings. The highest BCUT2D eigenvalue weighted by atomic mass is 32.1. The summed E-state index contributed by atoms with van der Waals surface area (Å²) >= 11 is 4.72. The molecular formula is C28H24N2O4S3. The van der Waals surface area contributed by atoms with E-state index in [4.69, 9.17) is 9.84 Å². The molecular weight excluding hydrogens is 525 g/mol. The highest BCUT2D eigenvalue weighted by Gasteiger charge is 2.20. The number of thiophene rings is 2. The largest absolute Gasteiger partial charge is 0.481 e. The van der Waals surface area contributed by atoms with Crippen LogP contribution in [0, 0.1) is 13.8 Å². The zero-order valence-corrected chi connectivity index (χ0v) is 22.9. The van der Waals surface area contributed by atoms with Gasteiger partial charge in [0.25, 0.3) is 0 Å². The number of aromatic nitrogens is 1. The summed E-state index contributed by atoms with van der Waals surface area (Å²) in [6.45, 7) is 5.73. The van der Waals surface area contributed by atoms with E-state index in [1.807, 2.05) is 69.3 Å². The predicted octanol–water partition coefficient (Wildman–Crippen LogP) is 8.31. The molecule has 9 heteroatoms. The van der Waals surface area contributed by atoms with Gasteiger partial charge < -0.3 is 9.84 Å². The number of amides is 1. The second kappa shape index (κ2) is 10.5. The second-order valence-corrected chi connectivity index (χ2v) is 11.7. The molecule has 3 heterocycles. The van der Waals surface area contributed by atoms with Crippen LogP contribution in [-0.4, -0.2) is 21.5 Å². The number of hydrogen-bond donors (Lipinski definition) is 2. The average Bonchev–Trinajstić information content (AvgIpc) is 3.53. The number of nitrogens with zero attached hydrogens (tertiary/aromatic N) is 1. The van der Waals surface area contributed by atoms with Gasteiger partial charge in [-0.2, -0.15) is 4.37 Å². The van der Waals surface area contributed by atoms with E-state index in [1.54, 1.807) is 22.7 Å². The lowest BCUT2D eigenvalue weighted by atomic mass is 10.0. The third kappa shape index (κ3) is 5.44. The topological polar surface area (TPSA) is 88.5 Å². The van der Waals surface area contributed by atoms with Crippen LogP contribution in [0.2, 0.25) is 0 Å². The number of carboxylic acids is 1. The molecule has 2 aromatic carbocycles. The van der Waals surface area contributed by atoms with Crippen LogP contribution in [0.1, 0.15) is 35.4 Å². The minimum absolute atomic E-state index is 0.0212. The number of carboxylic acid groups (broad SMARTS) is 1. The van der Waals surface area contributed by atoms with Gasteiger partial charge in [0.05, 0.1) is 27.6 Å².